The van der Waals surface area contributed by atoms with Crippen LogP contribution in [0.1, 0.15) is 17.5 Å². The van der Waals surface area contributed by atoms with Crippen molar-refractivity contribution < 1.29 is 14.3 Å². The first kappa shape index (κ1) is 19.6. The normalized spacial score (nSPS) is 17.7. The van der Waals surface area contributed by atoms with Gasteiger partial charge in [-0.25, -0.2) is 0 Å². The maximum absolute atomic E-state index is 12.2. The molecule has 1 atom stereocenters. The number of carbonyl (C=O) groups is 2. The van der Waals surface area contributed by atoms with Crippen LogP contribution in [-0.4, -0.2) is 35.6 Å². The van der Waals surface area contributed by atoms with Crippen LogP contribution in [0, 0.1) is 6.92 Å². The molecule has 0 radical (unpaired) electrons. The Hall–Kier alpha value is -3.13. The highest BCUT2D eigenvalue weighted by atomic mass is 32.2. The van der Waals surface area contributed by atoms with E-state index in [4.69, 9.17) is 4.74 Å². The van der Waals surface area contributed by atoms with Gasteiger partial charge in [-0.1, -0.05) is 23.9 Å². The quantitative estimate of drug-likeness (QED) is 0.580. The second-order valence-corrected chi connectivity index (χ2v) is 7.33. The number of ether oxygens (including phenoxy) is 1. The van der Waals surface area contributed by atoms with Crippen molar-refractivity contribution in [3.8, 4) is 5.75 Å². The summed E-state index contributed by atoms with van der Waals surface area (Å²) in [5.41, 5.74) is 2.62. The topological polar surface area (TPSA) is 92.2 Å². The Morgan fingerprint density at radius 1 is 1.29 bits per heavy atom. The predicted molar refractivity (Wildman–Crippen MR) is 112 cm³/mol. The maximum atomic E-state index is 12.2. The lowest BCUT2D eigenvalue weighted by Crippen LogP contribution is -2.28. The van der Waals surface area contributed by atoms with Gasteiger partial charge in [0.1, 0.15) is 11.0 Å². The molecule has 1 fully saturated rings. The van der Waals surface area contributed by atoms with Crippen LogP contribution in [-0.2, 0) is 9.59 Å². The second-order valence-electron chi connectivity index (χ2n) is 6.14. The lowest BCUT2D eigenvalue weighted by atomic mass is 10.2. The summed E-state index contributed by atoms with van der Waals surface area (Å²) in [5.74, 6) is 0.290. The van der Waals surface area contributed by atoms with Crippen LogP contribution in [0.2, 0.25) is 0 Å². The zero-order valence-electron chi connectivity index (χ0n) is 15.5. The summed E-state index contributed by atoms with van der Waals surface area (Å²) in [7, 11) is 1.60. The molecule has 0 aromatic heterocycles. The average Bonchev–Trinajstić information content (AvgIpc) is 3.01. The minimum Gasteiger partial charge on any atom is -0.497 e. The highest BCUT2D eigenvalue weighted by Crippen LogP contribution is 2.23. The number of hydrogen-bond donors (Lipinski definition) is 2. The Morgan fingerprint density at radius 2 is 2.07 bits per heavy atom. The average molecular weight is 396 g/mol. The molecule has 1 aliphatic heterocycles. The number of carbonyl (C=O) groups excluding carboxylic acids is 2. The summed E-state index contributed by atoms with van der Waals surface area (Å²) in [6, 6.07) is 14.8. The highest BCUT2D eigenvalue weighted by molar-refractivity contribution is 8.15. The van der Waals surface area contributed by atoms with Gasteiger partial charge in [0.05, 0.1) is 13.3 Å². The van der Waals surface area contributed by atoms with E-state index in [2.05, 4.69) is 20.8 Å². The standard InChI is InChI=1S/C20H20N4O3S/c1-13-4-3-5-15(10-13)22-18(25)11-17-19(26)23-20(28-17)24-21-12-14-6-8-16(27-2)9-7-14/h3-10,12,17H,11H2,1-2H3,(H,22,25)(H,23,24,26). The van der Waals surface area contributed by atoms with E-state index < -0.39 is 5.25 Å². The predicted octanol–water partition coefficient (Wildman–Crippen LogP) is 2.95. The molecule has 0 spiro atoms. The molecular formula is C20H20N4O3S. The van der Waals surface area contributed by atoms with Crippen LogP contribution in [0.25, 0.3) is 0 Å². The van der Waals surface area contributed by atoms with E-state index in [-0.39, 0.29) is 18.2 Å². The molecule has 0 aliphatic carbocycles. The smallest absolute Gasteiger partial charge is 0.240 e. The molecule has 1 heterocycles. The SMILES string of the molecule is COc1ccc(C=NN=C2NC(=O)C(CC(=O)Nc3cccc(C)c3)S2)cc1. The molecule has 3 rings (SSSR count). The van der Waals surface area contributed by atoms with E-state index in [1.54, 1.807) is 13.3 Å². The summed E-state index contributed by atoms with van der Waals surface area (Å²) < 4.78 is 5.10. The van der Waals surface area contributed by atoms with Crippen LogP contribution < -0.4 is 15.4 Å². The van der Waals surface area contributed by atoms with Crippen LogP contribution in [0.4, 0.5) is 5.69 Å². The van der Waals surface area contributed by atoms with Gasteiger partial charge in [-0.2, -0.15) is 5.10 Å². The molecule has 7 nitrogen and oxygen atoms in total. The van der Waals surface area contributed by atoms with E-state index in [9.17, 15) is 9.59 Å². The van der Waals surface area contributed by atoms with Crippen molar-refractivity contribution in [2.45, 2.75) is 18.6 Å². The van der Waals surface area contributed by atoms with Crippen LogP contribution in [0.15, 0.2) is 58.7 Å². The number of methoxy groups -OCH3 is 1. The van der Waals surface area contributed by atoms with Gasteiger partial charge in [-0.15, -0.1) is 5.10 Å². The zero-order chi connectivity index (χ0) is 19.9. The lowest BCUT2D eigenvalue weighted by molar-refractivity contribution is -0.122. The van der Waals surface area contributed by atoms with E-state index in [0.29, 0.717) is 10.9 Å². The minimum atomic E-state index is -0.528. The van der Waals surface area contributed by atoms with Gasteiger partial charge < -0.3 is 15.4 Å². The minimum absolute atomic E-state index is 0.0612. The Balaban J connectivity index is 1.54. The van der Waals surface area contributed by atoms with Crippen molar-refractivity contribution in [1.82, 2.24) is 5.32 Å². The molecule has 1 aliphatic rings. The number of amidine groups is 1. The van der Waals surface area contributed by atoms with Crippen molar-refractivity contribution in [3.05, 3.63) is 59.7 Å². The maximum Gasteiger partial charge on any atom is 0.240 e. The van der Waals surface area contributed by atoms with Gasteiger partial charge in [0, 0.05) is 12.1 Å². The van der Waals surface area contributed by atoms with Crippen molar-refractivity contribution in [2.24, 2.45) is 10.2 Å². The molecule has 2 aromatic carbocycles. The molecule has 144 valence electrons. The summed E-state index contributed by atoms with van der Waals surface area (Å²) in [6.07, 6.45) is 1.64. The number of amides is 2. The van der Waals surface area contributed by atoms with Crippen LogP contribution in [0.5, 0.6) is 5.75 Å². The first-order valence-corrected chi connectivity index (χ1v) is 9.50. The zero-order valence-corrected chi connectivity index (χ0v) is 16.3. The largest absolute Gasteiger partial charge is 0.497 e. The Bertz CT molecular complexity index is 925. The van der Waals surface area contributed by atoms with Gasteiger partial charge >= 0.3 is 0 Å². The lowest BCUT2D eigenvalue weighted by Gasteiger charge is -2.07. The van der Waals surface area contributed by atoms with Crippen LogP contribution in [0.3, 0.4) is 0 Å². The highest BCUT2D eigenvalue weighted by Gasteiger charge is 2.32. The molecule has 0 saturated carbocycles. The Morgan fingerprint density at radius 3 is 2.79 bits per heavy atom. The van der Waals surface area contributed by atoms with Gasteiger partial charge in [-0.3, -0.25) is 9.59 Å². The summed E-state index contributed by atoms with van der Waals surface area (Å²) in [5, 5.41) is 13.3. The Kier molecular flexibility index (Phi) is 6.44. The molecule has 1 saturated heterocycles. The first-order chi connectivity index (χ1) is 13.5. The van der Waals surface area contributed by atoms with Gasteiger partial charge in [0.25, 0.3) is 0 Å². The number of benzene rings is 2. The fourth-order valence-electron chi connectivity index (χ4n) is 2.53. The molecule has 0 bridgehead atoms. The van der Waals surface area contributed by atoms with Crippen molar-refractivity contribution >= 4 is 40.6 Å². The third-order valence-electron chi connectivity index (χ3n) is 3.92. The Labute approximate surface area is 167 Å². The molecular weight excluding hydrogens is 376 g/mol. The van der Waals surface area contributed by atoms with E-state index in [1.165, 1.54) is 11.8 Å². The molecule has 2 N–H and O–H groups in total. The molecule has 2 aromatic rings. The number of anilines is 1. The third-order valence-corrected chi connectivity index (χ3v) is 4.99. The molecule has 2 amide bonds. The number of rotatable bonds is 6. The summed E-state index contributed by atoms with van der Waals surface area (Å²) in [6.45, 7) is 1.95. The first-order valence-electron chi connectivity index (χ1n) is 8.62. The number of thioether (sulfide) groups is 1. The monoisotopic (exact) mass is 396 g/mol. The van der Waals surface area contributed by atoms with Crippen molar-refractivity contribution in [1.29, 1.82) is 0 Å². The molecule has 8 heteroatoms. The van der Waals surface area contributed by atoms with Crippen LogP contribution >= 0.6 is 11.8 Å². The van der Waals surface area contributed by atoms with Gasteiger partial charge in [-0.05, 0) is 54.4 Å². The number of nitrogens with one attached hydrogen (secondary N) is 2. The molecule has 28 heavy (non-hydrogen) atoms. The van der Waals surface area contributed by atoms with Crippen molar-refractivity contribution in [3.63, 3.8) is 0 Å². The number of nitrogens with zero attached hydrogens (tertiary/aromatic N) is 2. The number of aryl methyl sites for hydroxylation is 1. The van der Waals surface area contributed by atoms with E-state index in [0.717, 1.165) is 16.9 Å². The van der Waals surface area contributed by atoms with Gasteiger partial charge in [0.2, 0.25) is 11.8 Å². The van der Waals surface area contributed by atoms with E-state index >= 15 is 0 Å². The number of hydrogen-bond acceptors (Lipinski definition) is 6. The molecule has 1 unspecified atom stereocenters. The fraction of sp³-hybridized carbons (Fsp3) is 0.200. The third kappa shape index (κ3) is 5.43. The van der Waals surface area contributed by atoms with E-state index in [1.807, 2.05) is 55.5 Å². The summed E-state index contributed by atoms with van der Waals surface area (Å²) in [4.78, 5) is 24.3. The van der Waals surface area contributed by atoms with Crippen molar-refractivity contribution in [2.75, 3.05) is 12.4 Å². The summed E-state index contributed by atoms with van der Waals surface area (Å²) >= 11 is 1.20. The van der Waals surface area contributed by atoms with Gasteiger partial charge in [0.15, 0.2) is 5.17 Å². The second kappa shape index (κ2) is 9.18. The fourth-order valence-corrected chi connectivity index (χ4v) is 3.45.